The molecule has 172 valence electrons. The van der Waals surface area contributed by atoms with Crippen molar-refractivity contribution in [3.63, 3.8) is 0 Å². The number of hydrogen-bond donors (Lipinski definition) is 0. The van der Waals surface area contributed by atoms with Gasteiger partial charge >= 0.3 is 0 Å². The summed E-state index contributed by atoms with van der Waals surface area (Å²) in [5.74, 6) is 1.83. The molecule has 0 atom stereocenters. The molecule has 8 heteroatoms. The lowest BCUT2D eigenvalue weighted by Gasteiger charge is -2.30. The summed E-state index contributed by atoms with van der Waals surface area (Å²) in [4.78, 5) is 17.4. The van der Waals surface area contributed by atoms with Gasteiger partial charge in [-0.15, -0.1) is 10.2 Å². The fraction of sp³-hybridized carbons (Fsp3) is 0.192. The summed E-state index contributed by atoms with van der Waals surface area (Å²) < 4.78 is 7.92. The van der Waals surface area contributed by atoms with Gasteiger partial charge in [0.25, 0.3) is 0 Å². The van der Waals surface area contributed by atoms with Crippen molar-refractivity contribution in [2.75, 3.05) is 10.7 Å². The zero-order valence-electron chi connectivity index (χ0n) is 19.2. The van der Waals surface area contributed by atoms with Crippen molar-refractivity contribution in [2.24, 2.45) is 7.05 Å². The molecule has 0 saturated carbocycles. The number of fused-ring (bicyclic) bond motifs is 2. The Morgan fingerprint density at radius 3 is 2.18 bits per heavy atom. The Morgan fingerprint density at radius 1 is 0.912 bits per heavy atom. The van der Waals surface area contributed by atoms with E-state index in [1.54, 1.807) is 11.8 Å². The van der Waals surface area contributed by atoms with Crippen LogP contribution in [0.25, 0.3) is 0 Å². The molecule has 4 aromatic rings. The summed E-state index contributed by atoms with van der Waals surface area (Å²) >= 11 is 3.07. The van der Waals surface area contributed by atoms with Gasteiger partial charge in [-0.1, -0.05) is 66.0 Å². The average Bonchev–Trinajstić information content (AvgIpc) is 3.19. The Balaban J connectivity index is 1.30. The van der Waals surface area contributed by atoms with Gasteiger partial charge in [-0.05, 0) is 49.2 Å². The minimum atomic E-state index is 0.00142. The Morgan fingerprint density at radius 2 is 1.53 bits per heavy atom. The Kier molecular flexibility index (Phi) is 6.34. The smallest absolute Gasteiger partial charge is 0.242 e. The third kappa shape index (κ3) is 4.31. The number of aryl methyl sites for hydroxylation is 2. The Bertz CT molecular complexity index is 1300. The highest BCUT2D eigenvalue weighted by Gasteiger charge is 2.28. The third-order valence-electron chi connectivity index (χ3n) is 5.69. The first kappa shape index (κ1) is 22.6. The first-order chi connectivity index (χ1) is 16.5. The number of amides is 1. The maximum Gasteiger partial charge on any atom is 0.242 e. The van der Waals surface area contributed by atoms with Crippen LogP contribution >= 0.6 is 23.5 Å². The van der Waals surface area contributed by atoms with Crippen molar-refractivity contribution in [1.82, 2.24) is 14.8 Å². The summed E-state index contributed by atoms with van der Waals surface area (Å²) in [6.45, 7) is 4.37. The summed E-state index contributed by atoms with van der Waals surface area (Å²) in [6.07, 6.45) is 0. The summed E-state index contributed by atoms with van der Waals surface area (Å²) in [6, 6.07) is 22.1. The van der Waals surface area contributed by atoms with Gasteiger partial charge in [-0.3, -0.25) is 9.69 Å². The quantitative estimate of drug-likeness (QED) is 0.313. The van der Waals surface area contributed by atoms with Crippen LogP contribution in [0.2, 0.25) is 0 Å². The maximum atomic E-state index is 13.4. The van der Waals surface area contributed by atoms with Crippen molar-refractivity contribution in [2.45, 2.75) is 35.4 Å². The van der Waals surface area contributed by atoms with Gasteiger partial charge in [0.1, 0.15) is 12.4 Å². The van der Waals surface area contributed by atoms with Crippen molar-refractivity contribution >= 4 is 40.8 Å². The number of anilines is 2. The lowest BCUT2D eigenvalue weighted by Crippen LogP contribution is -2.30. The van der Waals surface area contributed by atoms with Crippen molar-refractivity contribution in [3.8, 4) is 5.75 Å². The third-order valence-corrected chi connectivity index (χ3v) is 7.82. The van der Waals surface area contributed by atoms with E-state index < -0.39 is 0 Å². The van der Waals surface area contributed by atoms with Crippen LogP contribution in [-0.2, 0) is 18.4 Å². The second kappa shape index (κ2) is 9.56. The minimum absolute atomic E-state index is 0.00142. The van der Waals surface area contributed by atoms with Crippen LogP contribution in [0.5, 0.6) is 5.75 Å². The van der Waals surface area contributed by atoms with E-state index in [4.69, 9.17) is 4.74 Å². The van der Waals surface area contributed by atoms with Crippen LogP contribution in [0.3, 0.4) is 0 Å². The minimum Gasteiger partial charge on any atom is -0.485 e. The molecule has 0 bridgehead atoms. The van der Waals surface area contributed by atoms with Gasteiger partial charge in [0, 0.05) is 16.8 Å². The number of aromatic nitrogens is 3. The molecule has 1 aliphatic heterocycles. The molecular formula is C26H24N4O2S2. The fourth-order valence-electron chi connectivity index (χ4n) is 3.92. The lowest BCUT2D eigenvalue weighted by molar-refractivity contribution is -0.115. The maximum absolute atomic E-state index is 13.4. The van der Waals surface area contributed by atoms with E-state index in [0.29, 0.717) is 17.6 Å². The standard InChI is InChI=1S/C26H24N4O2S2/c1-17-9-8-10-18(2)25(17)32-15-23-27-28-26(29(23)3)33-16-24(31)30-19-11-4-6-13-21(19)34-22-14-7-5-12-20(22)30/h4-14H,15-16H2,1-3H3. The zero-order valence-corrected chi connectivity index (χ0v) is 20.8. The van der Waals surface area contributed by atoms with Crippen LogP contribution in [0.4, 0.5) is 11.4 Å². The monoisotopic (exact) mass is 488 g/mol. The van der Waals surface area contributed by atoms with Crippen LogP contribution in [-0.4, -0.2) is 26.4 Å². The zero-order chi connectivity index (χ0) is 23.7. The predicted octanol–water partition coefficient (Wildman–Crippen LogP) is 5.93. The summed E-state index contributed by atoms with van der Waals surface area (Å²) in [5.41, 5.74) is 4.00. The molecular weight excluding hydrogens is 464 g/mol. The summed E-state index contributed by atoms with van der Waals surface area (Å²) in [7, 11) is 1.90. The number of carbonyl (C=O) groups is 1. The number of thioether (sulfide) groups is 1. The molecule has 0 unspecified atom stereocenters. The van der Waals surface area contributed by atoms with E-state index in [9.17, 15) is 4.79 Å². The molecule has 3 aromatic carbocycles. The van der Waals surface area contributed by atoms with E-state index in [2.05, 4.69) is 22.3 Å². The van der Waals surface area contributed by atoms with Crippen LogP contribution in [0, 0.1) is 13.8 Å². The highest BCUT2D eigenvalue weighted by Crippen LogP contribution is 2.48. The molecule has 1 aromatic heterocycles. The highest BCUT2D eigenvalue weighted by molar-refractivity contribution is 8.00. The molecule has 34 heavy (non-hydrogen) atoms. The van der Waals surface area contributed by atoms with Gasteiger partial charge in [-0.2, -0.15) is 0 Å². The molecule has 0 aliphatic carbocycles. The van der Waals surface area contributed by atoms with E-state index in [1.165, 1.54) is 11.8 Å². The number of carbonyl (C=O) groups excluding carboxylic acids is 1. The predicted molar refractivity (Wildman–Crippen MR) is 136 cm³/mol. The second-order valence-electron chi connectivity index (χ2n) is 8.02. The van der Waals surface area contributed by atoms with Crippen molar-refractivity contribution in [3.05, 3.63) is 83.7 Å². The Hall–Kier alpha value is -3.23. The second-order valence-corrected chi connectivity index (χ2v) is 10.0. The first-order valence-corrected chi connectivity index (χ1v) is 12.7. The molecule has 1 aliphatic rings. The van der Waals surface area contributed by atoms with E-state index in [1.807, 2.05) is 85.0 Å². The fourth-order valence-corrected chi connectivity index (χ4v) is 5.76. The molecule has 0 saturated heterocycles. The number of para-hydroxylation sites is 3. The SMILES string of the molecule is Cc1cccc(C)c1OCc1nnc(SCC(=O)N2c3ccccc3Sc3ccccc32)n1C. The molecule has 6 nitrogen and oxygen atoms in total. The molecule has 2 heterocycles. The van der Waals surface area contributed by atoms with Crippen molar-refractivity contribution in [1.29, 1.82) is 0 Å². The van der Waals surface area contributed by atoms with E-state index >= 15 is 0 Å². The number of benzene rings is 3. The van der Waals surface area contributed by atoms with Gasteiger partial charge in [0.2, 0.25) is 5.91 Å². The molecule has 0 spiro atoms. The van der Waals surface area contributed by atoms with Crippen LogP contribution < -0.4 is 9.64 Å². The first-order valence-electron chi connectivity index (χ1n) is 10.9. The molecule has 0 radical (unpaired) electrons. The molecule has 0 fully saturated rings. The topological polar surface area (TPSA) is 60.3 Å². The number of hydrogen-bond acceptors (Lipinski definition) is 6. The molecule has 5 rings (SSSR count). The number of nitrogens with zero attached hydrogens (tertiary/aromatic N) is 4. The molecule has 1 amide bonds. The van der Waals surface area contributed by atoms with Gasteiger partial charge in [-0.25, -0.2) is 0 Å². The lowest BCUT2D eigenvalue weighted by atomic mass is 10.1. The number of ether oxygens (including phenoxy) is 1. The molecule has 0 N–H and O–H groups in total. The summed E-state index contributed by atoms with van der Waals surface area (Å²) in [5, 5.41) is 9.27. The van der Waals surface area contributed by atoms with Gasteiger partial charge in [0.05, 0.1) is 17.1 Å². The number of rotatable bonds is 6. The van der Waals surface area contributed by atoms with Gasteiger partial charge < -0.3 is 9.30 Å². The average molecular weight is 489 g/mol. The Labute approximate surface area is 207 Å². The van der Waals surface area contributed by atoms with Gasteiger partial charge in [0.15, 0.2) is 11.0 Å². The normalized spacial score (nSPS) is 12.3. The van der Waals surface area contributed by atoms with Crippen LogP contribution in [0.1, 0.15) is 17.0 Å². The van der Waals surface area contributed by atoms with Crippen LogP contribution in [0.15, 0.2) is 81.7 Å². The van der Waals surface area contributed by atoms with E-state index in [0.717, 1.165) is 38.0 Å². The van der Waals surface area contributed by atoms with Crippen molar-refractivity contribution < 1.29 is 9.53 Å². The van der Waals surface area contributed by atoms with E-state index in [-0.39, 0.29) is 11.7 Å². The largest absolute Gasteiger partial charge is 0.485 e. The highest BCUT2D eigenvalue weighted by atomic mass is 32.2.